The second-order valence-electron chi connectivity index (χ2n) is 7.60. The zero-order valence-corrected chi connectivity index (χ0v) is 22.2. The van der Waals surface area contributed by atoms with Crippen LogP contribution in [0, 0.1) is 5.82 Å². The Hall–Kier alpha value is -0.310. The summed E-state index contributed by atoms with van der Waals surface area (Å²) < 4.78 is 20.6. The first-order valence-corrected chi connectivity index (χ1v) is 12.8. The number of piperazine rings is 1. The number of pyridine rings is 1. The molecule has 0 saturated carbocycles. The summed E-state index contributed by atoms with van der Waals surface area (Å²) in [5.74, 6) is 0.670. The lowest BCUT2D eigenvalue weighted by Gasteiger charge is -2.48. The van der Waals surface area contributed by atoms with Gasteiger partial charge in [-0.1, -0.05) is 42.4 Å². The van der Waals surface area contributed by atoms with Gasteiger partial charge in [-0.25, -0.2) is 24.2 Å². The molecule has 0 spiro atoms. The zero-order chi connectivity index (χ0) is 22.4. The van der Waals surface area contributed by atoms with Crippen LogP contribution in [-0.4, -0.2) is 61.8 Å². The van der Waals surface area contributed by atoms with Crippen molar-refractivity contribution in [1.29, 1.82) is 0 Å². The number of fused-ring (bicyclic) bond motifs is 3. The number of thioether (sulfide) groups is 1. The van der Waals surface area contributed by atoms with E-state index in [-0.39, 0.29) is 28.8 Å². The molecule has 0 aliphatic carbocycles. The Bertz CT molecular complexity index is 1040. The van der Waals surface area contributed by atoms with Crippen LogP contribution in [-0.2, 0) is 3.07 Å². The second kappa shape index (κ2) is 9.51. The van der Waals surface area contributed by atoms with Gasteiger partial charge < -0.3 is 10.0 Å². The van der Waals surface area contributed by atoms with Crippen LogP contribution in [0.5, 0.6) is 0 Å². The van der Waals surface area contributed by atoms with Crippen molar-refractivity contribution in [3.63, 3.8) is 0 Å². The molecule has 0 amide bonds. The Balaban J connectivity index is 1.91. The lowest BCUT2D eigenvalue weighted by atomic mass is 9.96. The number of hydrogen-bond donors (Lipinski definition) is 1. The quantitative estimate of drug-likeness (QED) is 0.119. The average molecular weight is 645 g/mol. The van der Waals surface area contributed by atoms with Crippen molar-refractivity contribution < 1.29 is 12.6 Å². The smallest absolute Gasteiger partial charge is 0.227 e. The molecule has 2 aliphatic heterocycles. The van der Waals surface area contributed by atoms with Gasteiger partial charge in [-0.2, -0.15) is 0 Å². The summed E-state index contributed by atoms with van der Waals surface area (Å²) in [6.45, 7) is 8.74. The molecule has 0 aromatic carbocycles. The van der Waals surface area contributed by atoms with E-state index in [4.69, 9.17) is 19.7 Å². The van der Waals surface area contributed by atoms with E-state index in [9.17, 15) is 9.50 Å². The SMILES string of the molecule is C=C(C)[C@H]1[C@@H]2CC[C@H](CN1c1nc(SCC)nc3c(F)c(Cl)nc(Br)c13)N2C(O)OI. The highest BCUT2D eigenvalue weighted by Crippen LogP contribution is 2.43. The van der Waals surface area contributed by atoms with Gasteiger partial charge in [0, 0.05) is 18.6 Å². The predicted molar refractivity (Wildman–Crippen MR) is 132 cm³/mol. The molecule has 1 unspecified atom stereocenters. The second-order valence-corrected chi connectivity index (χ2v) is 10.4. The Kier molecular flexibility index (Phi) is 7.31. The lowest BCUT2D eigenvalue weighted by molar-refractivity contribution is -0.141. The van der Waals surface area contributed by atoms with Crippen molar-refractivity contribution in [1.82, 2.24) is 19.9 Å². The van der Waals surface area contributed by atoms with E-state index >= 15 is 0 Å². The first-order chi connectivity index (χ1) is 14.8. The minimum Gasteiger partial charge on any atom is -0.355 e. The number of hydrogen-bond acceptors (Lipinski definition) is 8. The maximum absolute atomic E-state index is 15.0. The monoisotopic (exact) mass is 643 g/mol. The molecule has 12 heteroatoms. The van der Waals surface area contributed by atoms with E-state index in [0.717, 1.165) is 24.2 Å². The summed E-state index contributed by atoms with van der Waals surface area (Å²) in [6.07, 6.45) is 0.788. The van der Waals surface area contributed by atoms with Crippen molar-refractivity contribution in [3.8, 4) is 0 Å². The Morgan fingerprint density at radius 1 is 1.45 bits per heavy atom. The number of rotatable bonds is 6. The number of anilines is 1. The van der Waals surface area contributed by atoms with Crippen LogP contribution in [0.25, 0.3) is 10.9 Å². The molecule has 2 saturated heterocycles. The largest absolute Gasteiger partial charge is 0.355 e. The summed E-state index contributed by atoms with van der Waals surface area (Å²) in [5, 5.41) is 11.2. The third-order valence-corrected chi connectivity index (χ3v) is 7.76. The average Bonchev–Trinajstić information content (AvgIpc) is 3.03. The molecule has 1 N–H and O–H groups in total. The minimum absolute atomic E-state index is 0.0165. The van der Waals surface area contributed by atoms with E-state index in [0.29, 0.717) is 27.5 Å². The van der Waals surface area contributed by atoms with Crippen LogP contribution in [0.3, 0.4) is 0 Å². The summed E-state index contributed by atoms with van der Waals surface area (Å²) in [5.41, 5.74) is 1.06. The van der Waals surface area contributed by atoms with Crippen LogP contribution in [0.4, 0.5) is 10.2 Å². The van der Waals surface area contributed by atoms with Gasteiger partial charge in [0.1, 0.15) is 38.9 Å². The van der Waals surface area contributed by atoms with Crippen LogP contribution in [0.1, 0.15) is 26.7 Å². The van der Waals surface area contributed by atoms with Crippen LogP contribution >= 0.6 is 62.3 Å². The molecular formula is C19H21BrClFIN5O2S. The maximum atomic E-state index is 15.0. The third kappa shape index (κ3) is 4.19. The van der Waals surface area contributed by atoms with Gasteiger partial charge in [-0.05, 0) is 41.4 Å². The highest BCUT2D eigenvalue weighted by atomic mass is 127. The normalized spacial score (nSPS) is 24.7. The molecular weight excluding hydrogens is 624 g/mol. The van der Waals surface area contributed by atoms with Gasteiger partial charge in [-0.3, -0.25) is 3.07 Å². The maximum Gasteiger partial charge on any atom is 0.227 e. The molecule has 0 radical (unpaired) electrons. The fraction of sp³-hybridized carbons (Fsp3) is 0.526. The van der Waals surface area contributed by atoms with Crippen molar-refractivity contribution >= 4 is 79.0 Å². The molecule has 2 bridgehead atoms. The summed E-state index contributed by atoms with van der Waals surface area (Å²) in [6, 6.07) is -0.109. The first kappa shape index (κ1) is 23.8. The molecule has 4 heterocycles. The van der Waals surface area contributed by atoms with Gasteiger partial charge in [-0.15, -0.1) is 0 Å². The molecule has 2 aliphatic rings. The lowest BCUT2D eigenvalue weighted by Crippen LogP contribution is -2.63. The summed E-state index contributed by atoms with van der Waals surface area (Å²) in [4.78, 5) is 17.5. The summed E-state index contributed by atoms with van der Waals surface area (Å²) >= 11 is 12.6. The third-order valence-electron chi connectivity index (χ3n) is 5.75. The Labute approximate surface area is 211 Å². The Morgan fingerprint density at radius 3 is 2.84 bits per heavy atom. The van der Waals surface area contributed by atoms with Gasteiger partial charge in [0.2, 0.25) is 6.41 Å². The fourth-order valence-corrected chi connectivity index (χ4v) is 6.30. The van der Waals surface area contributed by atoms with Gasteiger partial charge in [0.25, 0.3) is 0 Å². The minimum atomic E-state index is -1.000. The number of nitrogens with zero attached hydrogens (tertiary/aromatic N) is 5. The van der Waals surface area contributed by atoms with E-state index in [2.05, 4.69) is 37.4 Å². The van der Waals surface area contributed by atoms with Crippen molar-refractivity contribution in [3.05, 3.63) is 27.7 Å². The first-order valence-electron chi connectivity index (χ1n) is 9.78. The van der Waals surface area contributed by atoms with Crippen molar-refractivity contribution in [2.45, 2.75) is 56.4 Å². The molecule has 2 aromatic rings. The molecule has 168 valence electrons. The molecule has 7 nitrogen and oxygen atoms in total. The number of aromatic nitrogens is 3. The van der Waals surface area contributed by atoms with Crippen LogP contribution in [0.2, 0.25) is 5.15 Å². The highest BCUT2D eigenvalue weighted by molar-refractivity contribution is 14.1. The molecule has 4 rings (SSSR count). The van der Waals surface area contributed by atoms with E-state index in [1.807, 2.05) is 18.7 Å². The van der Waals surface area contributed by atoms with Gasteiger partial charge in [0.15, 0.2) is 16.1 Å². The van der Waals surface area contributed by atoms with Gasteiger partial charge >= 0.3 is 0 Å². The van der Waals surface area contributed by atoms with Crippen molar-refractivity contribution in [2.75, 3.05) is 17.2 Å². The Morgan fingerprint density at radius 2 is 2.19 bits per heavy atom. The van der Waals surface area contributed by atoms with Crippen molar-refractivity contribution in [2.24, 2.45) is 0 Å². The predicted octanol–water partition coefficient (Wildman–Crippen LogP) is 4.93. The number of halogens is 4. The standard InChI is InChI=1S/C19H21BrClFIN5O2S/c1-4-31-18-24-13-11(15(20)25-16(21)12(13)22)17(26-18)27-7-9-5-6-10(14(27)8(2)3)28(9)19(29)30-23/h9-10,14,19,29H,2,4-7H2,1,3H3/t9-,10+,14+,19?/m1/s1. The molecule has 2 fully saturated rings. The van der Waals surface area contributed by atoms with Crippen LogP contribution < -0.4 is 4.90 Å². The molecule has 2 aromatic heterocycles. The number of aliphatic hydroxyl groups excluding tert-OH is 1. The fourth-order valence-electron chi connectivity index (χ4n) is 4.66. The van der Waals surface area contributed by atoms with Crippen LogP contribution in [0.15, 0.2) is 21.9 Å². The highest BCUT2D eigenvalue weighted by Gasteiger charge is 2.50. The van der Waals surface area contributed by atoms with Gasteiger partial charge in [0.05, 0.1) is 11.4 Å². The number of aliphatic hydroxyl groups is 1. The molecule has 31 heavy (non-hydrogen) atoms. The molecule has 4 atom stereocenters. The zero-order valence-electron chi connectivity index (χ0n) is 16.9. The summed E-state index contributed by atoms with van der Waals surface area (Å²) in [7, 11) is 0. The van der Waals surface area contributed by atoms with E-state index in [1.54, 1.807) is 23.0 Å². The van der Waals surface area contributed by atoms with E-state index in [1.165, 1.54) is 11.8 Å². The topological polar surface area (TPSA) is 74.6 Å². The van der Waals surface area contributed by atoms with E-state index < -0.39 is 12.2 Å².